The van der Waals surface area contributed by atoms with Crippen LogP contribution in [0.25, 0.3) is 10.2 Å². The third kappa shape index (κ3) is 2.99. The highest BCUT2D eigenvalue weighted by molar-refractivity contribution is 7.18. The molecule has 0 aliphatic carbocycles. The monoisotopic (exact) mass is 281 g/mol. The van der Waals surface area contributed by atoms with Crippen molar-refractivity contribution in [3.8, 4) is 0 Å². The second-order valence-electron chi connectivity index (χ2n) is 4.10. The summed E-state index contributed by atoms with van der Waals surface area (Å²) in [7, 11) is 1.59. The molecule has 6 nitrogen and oxygen atoms in total. The second kappa shape index (κ2) is 5.94. The van der Waals surface area contributed by atoms with Gasteiger partial charge in [-0.25, -0.2) is 9.97 Å². The molecule has 19 heavy (non-hydrogen) atoms. The molecule has 0 saturated carbocycles. The normalized spacial score (nSPS) is 10.8. The number of hydrogen-bond donors (Lipinski definition) is 1. The van der Waals surface area contributed by atoms with Crippen LogP contribution in [-0.2, 0) is 9.53 Å². The van der Waals surface area contributed by atoms with Crippen molar-refractivity contribution < 1.29 is 14.6 Å². The van der Waals surface area contributed by atoms with Gasteiger partial charge >= 0.3 is 5.97 Å². The first-order valence-corrected chi connectivity index (χ1v) is 6.66. The predicted octanol–water partition coefficient (Wildman–Crippen LogP) is 1.54. The van der Waals surface area contributed by atoms with Crippen molar-refractivity contribution in [2.45, 2.75) is 6.92 Å². The molecule has 2 aromatic heterocycles. The van der Waals surface area contributed by atoms with Gasteiger partial charge in [0, 0.05) is 13.7 Å². The molecule has 0 fully saturated rings. The molecule has 2 heterocycles. The second-order valence-corrected chi connectivity index (χ2v) is 4.98. The van der Waals surface area contributed by atoms with Crippen LogP contribution >= 0.6 is 11.3 Å². The van der Waals surface area contributed by atoms with E-state index in [0.29, 0.717) is 19.0 Å². The number of aliphatic carboxylic acids is 1. The zero-order chi connectivity index (χ0) is 13.8. The number of thiophene rings is 1. The highest BCUT2D eigenvalue weighted by atomic mass is 32.1. The SMILES string of the molecule is COCCN(CC(=O)O)c1ncnc2c(C)csc12. The van der Waals surface area contributed by atoms with E-state index in [4.69, 9.17) is 9.84 Å². The quantitative estimate of drug-likeness (QED) is 0.865. The van der Waals surface area contributed by atoms with Crippen molar-refractivity contribution in [2.24, 2.45) is 0 Å². The molecule has 0 bridgehead atoms. The smallest absolute Gasteiger partial charge is 0.323 e. The molecule has 2 aromatic rings. The summed E-state index contributed by atoms with van der Waals surface area (Å²) in [6.45, 7) is 2.80. The van der Waals surface area contributed by atoms with Crippen molar-refractivity contribution in [3.05, 3.63) is 17.3 Å². The van der Waals surface area contributed by atoms with E-state index in [9.17, 15) is 4.79 Å². The van der Waals surface area contributed by atoms with Crippen LogP contribution in [0.15, 0.2) is 11.7 Å². The highest BCUT2D eigenvalue weighted by Crippen LogP contribution is 2.30. The number of ether oxygens (including phenoxy) is 1. The van der Waals surface area contributed by atoms with Gasteiger partial charge in [0.1, 0.15) is 12.9 Å². The summed E-state index contributed by atoms with van der Waals surface area (Å²) < 4.78 is 5.93. The summed E-state index contributed by atoms with van der Waals surface area (Å²) in [6.07, 6.45) is 1.47. The molecular weight excluding hydrogens is 266 g/mol. The first kappa shape index (κ1) is 13.7. The highest BCUT2D eigenvalue weighted by Gasteiger charge is 2.17. The number of rotatable bonds is 6. The van der Waals surface area contributed by atoms with Crippen LogP contribution in [0.4, 0.5) is 5.82 Å². The average Bonchev–Trinajstić information content (AvgIpc) is 2.76. The van der Waals surface area contributed by atoms with Crippen molar-refractivity contribution in [1.82, 2.24) is 9.97 Å². The lowest BCUT2D eigenvalue weighted by molar-refractivity contribution is -0.135. The number of anilines is 1. The van der Waals surface area contributed by atoms with Gasteiger partial charge in [-0.3, -0.25) is 4.79 Å². The van der Waals surface area contributed by atoms with Crippen LogP contribution in [-0.4, -0.2) is 47.8 Å². The number of methoxy groups -OCH3 is 1. The van der Waals surface area contributed by atoms with E-state index in [2.05, 4.69) is 9.97 Å². The van der Waals surface area contributed by atoms with E-state index in [0.717, 1.165) is 15.8 Å². The number of aryl methyl sites for hydroxylation is 1. The number of nitrogens with zero attached hydrogens (tertiary/aromatic N) is 3. The lowest BCUT2D eigenvalue weighted by Gasteiger charge is -2.21. The minimum absolute atomic E-state index is 0.105. The van der Waals surface area contributed by atoms with Crippen LogP contribution in [0.2, 0.25) is 0 Å². The summed E-state index contributed by atoms with van der Waals surface area (Å²) in [6, 6.07) is 0. The maximum Gasteiger partial charge on any atom is 0.323 e. The predicted molar refractivity (Wildman–Crippen MR) is 73.9 cm³/mol. The van der Waals surface area contributed by atoms with Crippen molar-refractivity contribution in [1.29, 1.82) is 0 Å². The number of hydrogen-bond acceptors (Lipinski definition) is 6. The Hall–Kier alpha value is -1.73. The van der Waals surface area contributed by atoms with E-state index in [1.807, 2.05) is 12.3 Å². The van der Waals surface area contributed by atoms with E-state index < -0.39 is 5.97 Å². The first-order valence-electron chi connectivity index (χ1n) is 5.78. The Balaban J connectivity index is 2.39. The summed E-state index contributed by atoms with van der Waals surface area (Å²) in [5, 5.41) is 11.0. The van der Waals surface area contributed by atoms with Gasteiger partial charge in [0.15, 0.2) is 5.82 Å². The minimum atomic E-state index is -0.892. The topological polar surface area (TPSA) is 75.5 Å². The van der Waals surface area contributed by atoms with E-state index >= 15 is 0 Å². The third-order valence-corrected chi connectivity index (χ3v) is 3.79. The van der Waals surface area contributed by atoms with Crippen LogP contribution in [0.5, 0.6) is 0 Å². The molecule has 0 aliphatic heterocycles. The Bertz CT molecular complexity index is 585. The lowest BCUT2D eigenvalue weighted by atomic mass is 10.3. The number of fused-ring (bicyclic) bond motifs is 1. The van der Waals surface area contributed by atoms with Gasteiger partial charge in [0.25, 0.3) is 0 Å². The molecule has 0 saturated heterocycles. The zero-order valence-electron chi connectivity index (χ0n) is 10.8. The Morgan fingerprint density at radius 3 is 3.00 bits per heavy atom. The largest absolute Gasteiger partial charge is 0.480 e. The fourth-order valence-corrected chi connectivity index (χ4v) is 2.83. The zero-order valence-corrected chi connectivity index (χ0v) is 11.6. The van der Waals surface area contributed by atoms with Gasteiger partial charge in [-0.15, -0.1) is 11.3 Å². The lowest BCUT2D eigenvalue weighted by Crippen LogP contribution is -2.33. The fraction of sp³-hybridized carbons (Fsp3) is 0.417. The summed E-state index contributed by atoms with van der Waals surface area (Å²) in [5.74, 6) is -0.237. The van der Waals surface area contributed by atoms with Gasteiger partial charge in [-0.05, 0) is 17.9 Å². The van der Waals surface area contributed by atoms with E-state index in [1.165, 1.54) is 17.7 Å². The molecule has 0 spiro atoms. The maximum absolute atomic E-state index is 11.0. The third-order valence-electron chi connectivity index (χ3n) is 2.70. The van der Waals surface area contributed by atoms with Crippen molar-refractivity contribution in [2.75, 3.05) is 31.7 Å². The number of carboxylic acids is 1. The summed E-state index contributed by atoms with van der Waals surface area (Å²) in [5.41, 5.74) is 1.95. The van der Waals surface area contributed by atoms with Gasteiger partial charge < -0.3 is 14.7 Å². The molecule has 0 radical (unpaired) electrons. The first-order chi connectivity index (χ1) is 9.13. The molecule has 7 heteroatoms. The molecular formula is C12H15N3O3S. The molecule has 0 aromatic carbocycles. The minimum Gasteiger partial charge on any atom is -0.480 e. The van der Waals surface area contributed by atoms with Gasteiger partial charge in [0.05, 0.1) is 16.8 Å². The molecule has 0 aliphatic rings. The molecule has 102 valence electrons. The van der Waals surface area contributed by atoms with E-state index in [1.54, 1.807) is 12.0 Å². The standard InChI is InChI=1S/C12H15N3O3S/c1-8-6-19-11-10(8)13-7-14-12(11)15(3-4-18-2)5-9(16)17/h6-7H,3-5H2,1-2H3,(H,16,17). The van der Waals surface area contributed by atoms with Crippen molar-refractivity contribution in [3.63, 3.8) is 0 Å². The van der Waals surface area contributed by atoms with Crippen LogP contribution in [0.3, 0.4) is 0 Å². The Morgan fingerprint density at radius 2 is 2.32 bits per heavy atom. The van der Waals surface area contributed by atoms with Crippen LogP contribution < -0.4 is 4.90 Å². The van der Waals surface area contributed by atoms with Gasteiger partial charge in [0.2, 0.25) is 0 Å². The molecule has 2 rings (SSSR count). The molecule has 0 amide bonds. The molecule has 0 atom stereocenters. The molecule has 0 unspecified atom stereocenters. The van der Waals surface area contributed by atoms with Crippen LogP contribution in [0.1, 0.15) is 5.56 Å². The Morgan fingerprint density at radius 1 is 1.53 bits per heavy atom. The maximum atomic E-state index is 11.0. The number of aromatic nitrogens is 2. The average molecular weight is 281 g/mol. The summed E-state index contributed by atoms with van der Waals surface area (Å²) >= 11 is 1.53. The van der Waals surface area contributed by atoms with Gasteiger partial charge in [-0.1, -0.05) is 0 Å². The summed E-state index contributed by atoms with van der Waals surface area (Å²) in [4.78, 5) is 21.1. The number of carboxylic acid groups (broad SMARTS) is 1. The number of carbonyl (C=O) groups is 1. The van der Waals surface area contributed by atoms with Crippen LogP contribution in [0, 0.1) is 6.92 Å². The van der Waals surface area contributed by atoms with Gasteiger partial charge in [-0.2, -0.15) is 0 Å². The fourth-order valence-electron chi connectivity index (χ4n) is 1.81. The Labute approximate surface area is 114 Å². The van der Waals surface area contributed by atoms with E-state index in [-0.39, 0.29) is 6.54 Å². The van der Waals surface area contributed by atoms with Crippen molar-refractivity contribution >= 4 is 33.3 Å². The Kier molecular flexibility index (Phi) is 4.28. The molecule has 1 N–H and O–H groups in total.